The van der Waals surface area contributed by atoms with Gasteiger partial charge in [0.2, 0.25) is 0 Å². The molecule has 0 aromatic carbocycles. The first-order valence-electron chi connectivity index (χ1n) is 20.6. The Morgan fingerprint density at radius 2 is 1.04 bits per heavy atom. The van der Waals surface area contributed by atoms with E-state index >= 15 is 0 Å². The molecular formula is C40H73O13P. The quantitative estimate of drug-likeness (QED) is 0.0173. The van der Waals surface area contributed by atoms with Gasteiger partial charge < -0.3 is 39.9 Å². The number of unbranched alkanes of at least 4 members (excludes halogenated alkanes) is 17. The maximum atomic E-state index is 12.8. The molecule has 0 amide bonds. The molecule has 0 heterocycles. The minimum Gasteiger partial charge on any atom is -0.462 e. The predicted octanol–water partition coefficient (Wildman–Crippen LogP) is 6.89. The molecule has 1 aliphatic carbocycles. The molecule has 1 saturated carbocycles. The normalized spacial score (nSPS) is 23.5. The van der Waals surface area contributed by atoms with Crippen LogP contribution in [0.1, 0.15) is 162 Å². The van der Waals surface area contributed by atoms with Gasteiger partial charge in [-0.1, -0.05) is 134 Å². The maximum Gasteiger partial charge on any atom is 0.472 e. The molecule has 0 spiro atoms. The van der Waals surface area contributed by atoms with Crippen molar-refractivity contribution in [1.29, 1.82) is 0 Å². The molecule has 6 unspecified atom stereocenters. The van der Waals surface area contributed by atoms with Gasteiger partial charge in [0.05, 0.1) is 6.61 Å². The van der Waals surface area contributed by atoms with Gasteiger partial charge in [-0.2, -0.15) is 0 Å². The van der Waals surface area contributed by atoms with Crippen LogP contribution in [-0.2, 0) is 32.7 Å². The molecule has 1 rings (SSSR count). The molecule has 6 N–H and O–H groups in total. The van der Waals surface area contributed by atoms with Gasteiger partial charge >= 0.3 is 19.8 Å². The number of hydrogen-bond acceptors (Lipinski definition) is 12. The summed E-state index contributed by atoms with van der Waals surface area (Å²) in [7, 11) is -5.11. The Labute approximate surface area is 324 Å². The number of hydrogen-bond donors (Lipinski definition) is 6. The summed E-state index contributed by atoms with van der Waals surface area (Å²) in [6, 6.07) is 0. The van der Waals surface area contributed by atoms with Crippen LogP contribution < -0.4 is 0 Å². The van der Waals surface area contributed by atoms with E-state index in [9.17, 15) is 44.6 Å². The molecule has 14 heteroatoms. The van der Waals surface area contributed by atoms with Gasteiger partial charge in [-0.15, -0.1) is 0 Å². The van der Waals surface area contributed by atoms with Crippen LogP contribution in [0.4, 0.5) is 0 Å². The molecule has 54 heavy (non-hydrogen) atoms. The Balaban J connectivity index is 2.53. The Kier molecular flexibility index (Phi) is 29.3. The van der Waals surface area contributed by atoms with Gasteiger partial charge in [0.25, 0.3) is 0 Å². The molecule has 0 aromatic heterocycles. The largest absolute Gasteiger partial charge is 0.472 e. The predicted molar refractivity (Wildman–Crippen MR) is 207 cm³/mol. The average molecular weight is 793 g/mol. The number of rotatable bonds is 33. The highest BCUT2D eigenvalue weighted by atomic mass is 31.2. The summed E-state index contributed by atoms with van der Waals surface area (Å²) in [5.74, 6) is -1.11. The molecule has 0 radical (unpaired) electrons. The third kappa shape index (κ3) is 24.1. The summed E-state index contributed by atoms with van der Waals surface area (Å²) in [6.07, 6.45) is 18.2. The van der Waals surface area contributed by atoms with Crippen LogP contribution in [0.5, 0.6) is 0 Å². The van der Waals surface area contributed by atoms with Crippen molar-refractivity contribution >= 4 is 19.8 Å². The van der Waals surface area contributed by atoms with Gasteiger partial charge in [-0.3, -0.25) is 18.6 Å². The zero-order valence-electron chi connectivity index (χ0n) is 33.0. The van der Waals surface area contributed by atoms with E-state index in [1.165, 1.54) is 51.4 Å². The van der Waals surface area contributed by atoms with E-state index in [1.807, 2.05) is 0 Å². The van der Waals surface area contributed by atoms with Crippen LogP contribution in [-0.4, -0.2) is 98.3 Å². The summed E-state index contributed by atoms with van der Waals surface area (Å²) in [5.41, 5.74) is 0. The second-order valence-electron chi connectivity index (χ2n) is 14.5. The molecule has 1 aliphatic rings. The highest BCUT2D eigenvalue weighted by Gasteiger charge is 2.51. The summed E-state index contributed by atoms with van der Waals surface area (Å²) in [6.45, 7) is 3.19. The van der Waals surface area contributed by atoms with E-state index in [4.69, 9.17) is 18.5 Å². The summed E-state index contributed by atoms with van der Waals surface area (Å²) in [4.78, 5) is 35.5. The molecule has 0 saturated heterocycles. The smallest absolute Gasteiger partial charge is 0.462 e. The van der Waals surface area contributed by atoms with Crippen molar-refractivity contribution in [2.24, 2.45) is 0 Å². The first-order chi connectivity index (χ1) is 25.9. The van der Waals surface area contributed by atoms with E-state index in [1.54, 1.807) is 0 Å². The summed E-state index contributed by atoms with van der Waals surface area (Å²) < 4.78 is 33.4. The van der Waals surface area contributed by atoms with Crippen molar-refractivity contribution in [3.63, 3.8) is 0 Å². The van der Waals surface area contributed by atoms with Crippen LogP contribution in [0.15, 0.2) is 24.3 Å². The van der Waals surface area contributed by atoms with Crippen LogP contribution in [0.3, 0.4) is 0 Å². The van der Waals surface area contributed by atoms with Crippen LogP contribution >= 0.6 is 7.82 Å². The highest BCUT2D eigenvalue weighted by Crippen LogP contribution is 2.47. The lowest BCUT2D eigenvalue weighted by Gasteiger charge is -2.41. The molecular weight excluding hydrogens is 719 g/mol. The molecule has 0 aliphatic heterocycles. The summed E-state index contributed by atoms with van der Waals surface area (Å²) in [5, 5.41) is 50.0. The van der Waals surface area contributed by atoms with Crippen LogP contribution in [0.2, 0.25) is 0 Å². The van der Waals surface area contributed by atoms with Gasteiger partial charge in [0.1, 0.15) is 43.2 Å². The highest BCUT2D eigenvalue weighted by molar-refractivity contribution is 7.47. The first-order valence-corrected chi connectivity index (χ1v) is 22.1. The van der Waals surface area contributed by atoms with Crippen molar-refractivity contribution in [3.05, 3.63) is 24.3 Å². The zero-order valence-corrected chi connectivity index (χ0v) is 33.9. The lowest BCUT2D eigenvalue weighted by atomic mass is 9.85. The first kappa shape index (κ1) is 50.3. The lowest BCUT2D eigenvalue weighted by molar-refractivity contribution is -0.220. The fourth-order valence-electron chi connectivity index (χ4n) is 6.15. The molecule has 0 aromatic rings. The third-order valence-corrected chi connectivity index (χ3v) is 10.5. The second-order valence-corrected chi connectivity index (χ2v) is 15.9. The van der Waals surface area contributed by atoms with Crippen LogP contribution in [0, 0.1) is 0 Å². The molecule has 316 valence electrons. The van der Waals surface area contributed by atoms with Gasteiger partial charge in [-0.25, -0.2) is 4.57 Å². The fraction of sp³-hybridized carbons (Fsp3) is 0.850. The number of ether oxygens (including phenoxy) is 2. The third-order valence-electron chi connectivity index (χ3n) is 9.53. The second kappa shape index (κ2) is 31.4. The Bertz CT molecular complexity index is 1050. The van der Waals surface area contributed by atoms with Gasteiger partial charge in [0.15, 0.2) is 6.10 Å². The van der Waals surface area contributed by atoms with E-state index < -0.39 is 75.7 Å². The monoisotopic (exact) mass is 792 g/mol. The number of aliphatic hydroxyl groups is 5. The number of phosphoric ester groups is 1. The van der Waals surface area contributed by atoms with E-state index in [0.717, 1.165) is 70.6 Å². The maximum absolute atomic E-state index is 12.8. The van der Waals surface area contributed by atoms with Crippen molar-refractivity contribution < 1.29 is 63.1 Å². The minimum absolute atomic E-state index is 0.0825. The minimum atomic E-state index is -5.11. The molecule has 13 nitrogen and oxygen atoms in total. The Morgan fingerprint density at radius 1 is 0.574 bits per heavy atom. The van der Waals surface area contributed by atoms with Crippen molar-refractivity contribution in [2.45, 2.75) is 204 Å². The molecule has 6 atom stereocenters. The van der Waals surface area contributed by atoms with Crippen molar-refractivity contribution in [2.75, 3.05) is 13.2 Å². The Morgan fingerprint density at radius 3 is 1.57 bits per heavy atom. The van der Waals surface area contributed by atoms with E-state index in [0.29, 0.717) is 12.8 Å². The number of aliphatic hydroxyl groups excluding tert-OH is 5. The fourth-order valence-corrected chi connectivity index (χ4v) is 7.12. The Hall–Kier alpha value is -1.67. The molecule has 1 fully saturated rings. The van der Waals surface area contributed by atoms with Crippen molar-refractivity contribution in [3.8, 4) is 0 Å². The van der Waals surface area contributed by atoms with Crippen LogP contribution in [0.25, 0.3) is 0 Å². The SMILES string of the molecule is CCC/C=C\C/C=C\CCCCCCCC(=O)OC(COC(=O)CCCCCCCCCCCCCC)COP(=O)(O)OC1C(O)C(O)C(O)C(O)C1O. The zero-order chi connectivity index (χ0) is 40.0. The standard InChI is InChI=1S/C40H73O13P/c1-3-5-7-9-11-13-15-17-19-21-23-25-27-29-34(42)52-32(30-50-33(41)28-26-24-22-20-18-16-14-12-10-8-6-4-2)31-51-54(48,49)53-40-38(46)36(44)35(43)37(45)39(40)47/h7,9,13,15,32,35-40,43-47H,3-6,8,10-12,14,16-31H2,1-2H3,(H,48,49)/b9-7-,15-13-. The van der Waals surface area contributed by atoms with Gasteiger partial charge in [-0.05, 0) is 38.5 Å². The lowest BCUT2D eigenvalue weighted by Crippen LogP contribution is -2.64. The number of esters is 2. The average Bonchev–Trinajstić information content (AvgIpc) is 3.15. The molecule has 0 bridgehead atoms. The topological polar surface area (TPSA) is 210 Å². The van der Waals surface area contributed by atoms with E-state index in [2.05, 4.69) is 38.2 Å². The number of carbonyl (C=O) groups is 2. The van der Waals surface area contributed by atoms with Crippen molar-refractivity contribution in [1.82, 2.24) is 0 Å². The summed E-state index contributed by atoms with van der Waals surface area (Å²) >= 11 is 0. The number of allylic oxidation sites excluding steroid dienone is 4. The van der Waals surface area contributed by atoms with Gasteiger partial charge in [0, 0.05) is 12.8 Å². The number of phosphoric acid groups is 1. The van der Waals surface area contributed by atoms with E-state index in [-0.39, 0.29) is 12.8 Å². The number of carbonyl (C=O) groups excluding carboxylic acids is 2.